The van der Waals surface area contributed by atoms with Crippen LogP contribution in [0, 0.1) is 0 Å². The van der Waals surface area contributed by atoms with Crippen LogP contribution in [0.25, 0.3) is 0 Å². The fourth-order valence-electron chi connectivity index (χ4n) is 2.73. The van der Waals surface area contributed by atoms with Crippen molar-refractivity contribution < 1.29 is 9.53 Å². The zero-order valence-electron chi connectivity index (χ0n) is 13.1. The molecule has 4 nitrogen and oxygen atoms in total. The molecule has 1 saturated heterocycles. The Labute approximate surface area is 127 Å². The van der Waals surface area contributed by atoms with E-state index < -0.39 is 0 Å². The van der Waals surface area contributed by atoms with E-state index in [0.29, 0.717) is 13.2 Å². The van der Waals surface area contributed by atoms with Gasteiger partial charge in [0.2, 0.25) is 5.91 Å². The zero-order chi connectivity index (χ0) is 15.1. The first-order chi connectivity index (χ1) is 10.2. The average molecular weight is 290 g/mol. The lowest BCUT2D eigenvalue weighted by molar-refractivity contribution is -0.131. The molecule has 0 spiro atoms. The van der Waals surface area contributed by atoms with E-state index in [9.17, 15) is 4.79 Å². The molecule has 1 aliphatic heterocycles. The number of para-hydroxylation sites is 1. The van der Waals surface area contributed by atoms with Crippen LogP contribution in [0.3, 0.4) is 0 Å². The van der Waals surface area contributed by atoms with Crippen LogP contribution in [0.1, 0.15) is 44.7 Å². The number of piperidine rings is 1. The van der Waals surface area contributed by atoms with Gasteiger partial charge in [-0.2, -0.15) is 0 Å². The third-order valence-corrected chi connectivity index (χ3v) is 3.95. The van der Waals surface area contributed by atoms with Gasteiger partial charge in [0.05, 0.1) is 13.2 Å². The van der Waals surface area contributed by atoms with E-state index in [1.807, 2.05) is 36.1 Å². The highest BCUT2D eigenvalue weighted by molar-refractivity contribution is 5.78. The third kappa shape index (κ3) is 4.46. The van der Waals surface area contributed by atoms with Gasteiger partial charge in [0.15, 0.2) is 0 Å². The molecule has 1 heterocycles. The highest BCUT2D eigenvalue weighted by Crippen LogP contribution is 2.24. The number of amides is 1. The number of benzene rings is 1. The van der Waals surface area contributed by atoms with E-state index in [0.717, 1.165) is 37.2 Å². The Balaban J connectivity index is 1.89. The number of hydrogen-bond acceptors (Lipinski definition) is 3. The summed E-state index contributed by atoms with van der Waals surface area (Å²) in [5.41, 5.74) is 1.10. The van der Waals surface area contributed by atoms with Crippen molar-refractivity contribution in [2.24, 2.45) is 0 Å². The van der Waals surface area contributed by atoms with E-state index in [-0.39, 0.29) is 11.9 Å². The normalized spacial score (nSPS) is 16.6. The Morgan fingerprint density at radius 2 is 2.00 bits per heavy atom. The Kier molecular flexibility index (Phi) is 6.05. The van der Waals surface area contributed by atoms with Gasteiger partial charge in [-0.05, 0) is 39.2 Å². The molecule has 0 radical (unpaired) electrons. The van der Waals surface area contributed by atoms with E-state index in [1.54, 1.807) is 0 Å². The number of rotatable bonds is 6. The molecule has 0 bridgehead atoms. The number of hydrogen-bond donors (Lipinski definition) is 1. The lowest BCUT2D eigenvalue weighted by atomic mass is 10.1. The van der Waals surface area contributed by atoms with Crippen molar-refractivity contribution in [2.75, 3.05) is 26.2 Å². The van der Waals surface area contributed by atoms with Crippen molar-refractivity contribution in [1.29, 1.82) is 0 Å². The van der Waals surface area contributed by atoms with Gasteiger partial charge >= 0.3 is 0 Å². The standard InChI is InChI=1S/C17H26N2O2/c1-3-21-16-10-6-5-9-15(16)14(2)18-13-17(20)19-11-7-4-8-12-19/h5-6,9-10,14,18H,3-4,7-8,11-13H2,1-2H3. The molecule has 1 amide bonds. The number of likely N-dealkylation sites (tertiary alicyclic amines) is 1. The quantitative estimate of drug-likeness (QED) is 0.876. The van der Waals surface area contributed by atoms with Crippen LogP contribution >= 0.6 is 0 Å². The molecule has 21 heavy (non-hydrogen) atoms. The topological polar surface area (TPSA) is 41.6 Å². The fraction of sp³-hybridized carbons (Fsp3) is 0.588. The predicted octanol–water partition coefficient (Wildman–Crippen LogP) is 2.75. The number of nitrogens with one attached hydrogen (secondary N) is 1. The molecule has 4 heteroatoms. The lowest BCUT2D eigenvalue weighted by Crippen LogP contribution is -2.41. The largest absolute Gasteiger partial charge is 0.494 e. The maximum atomic E-state index is 12.2. The smallest absolute Gasteiger partial charge is 0.236 e. The zero-order valence-corrected chi connectivity index (χ0v) is 13.1. The average Bonchev–Trinajstić information content (AvgIpc) is 2.54. The van der Waals surface area contributed by atoms with Crippen molar-refractivity contribution in [3.8, 4) is 5.75 Å². The van der Waals surface area contributed by atoms with Crippen LogP contribution in [-0.4, -0.2) is 37.0 Å². The highest BCUT2D eigenvalue weighted by atomic mass is 16.5. The third-order valence-electron chi connectivity index (χ3n) is 3.95. The summed E-state index contributed by atoms with van der Waals surface area (Å²) in [6.07, 6.45) is 3.51. The van der Waals surface area contributed by atoms with Crippen molar-refractivity contribution in [2.45, 2.75) is 39.2 Å². The van der Waals surface area contributed by atoms with Gasteiger partial charge in [-0.3, -0.25) is 4.79 Å². The molecule has 0 aromatic heterocycles. The first-order valence-electron chi connectivity index (χ1n) is 7.95. The van der Waals surface area contributed by atoms with Gasteiger partial charge in [0.25, 0.3) is 0 Å². The molecule has 2 rings (SSSR count). The second-order valence-electron chi connectivity index (χ2n) is 5.51. The minimum Gasteiger partial charge on any atom is -0.494 e. The van der Waals surface area contributed by atoms with Crippen LogP contribution in [-0.2, 0) is 4.79 Å². The van der Waals surface area contributed by atoms with E-state index >= 15 is 0 Å². The van der Waals surface area contributed by atoms with Crippen LogP contribution in [0.5, 0.6) is 5.75 Å². The maximum Gasteiger partial charge on any atom is 0.236 e. The second kappa shape index (κ2) is 8.03. The van der Waals surface area contributed by atoms with Gasteiger partial charge in [0.1, 0.15) is 5.75 Å². The van der Waals surface area contributed by atoms with Gasteiger partial charge in [-0.25, -0.2) is 0 Å². The summed E-state index contributed by atoms with van der Waals surface area (Å²) in [6.45, 7) is 6.91. The molecule has 1 unspecified atom stereocenters. The monoisotopic (exact) mass is 290 g/mol. The molecule has 1 N–H and O–H groups in total. The number of carbonyl (C=O) groups is 1. The number of ether oxygens (including phenoxy) is 1. The number of nitrogens with zero attached hydrogens (tertiary/aromatic N) is 1. The van der Waals surface area contributed by atoms with Gasteiger partial charge in [-0.1, -0.05) is 18.2 Å². The first-order valence-corrected chi connectivity index (χ1v) is 7.95. The van der Waals surface area contributed by atoms with Crippen LogP contribution < -0.4 is 10.1 Å². The van der Waals surface area contributed by atoms with Crippen LogP contribution in [0.4, 0.5) is 0 Å². The Bertz CT molecular complexity index is 456. The molecule has 1 atom stereocenters. The number of carbonyl (C=O) groups excluding carboxylic acids is 1. The molecule has 0 aliphatic carbocycles. The lowest BCUT2D eigenvalue weighted by Gasteiger charge is -2.27. The van der Waals surface area contributed by atoms with Crippen molar-refractivity contribution in [3.63, 3.8) is 0 Å². The highest BCUT2D eigenvalue weighted by Gasteiger charge is 2.18. The first kappa shape index (κ1) is 15.8. The molecule has 1 aliphatic rings. The summed E-state index contributed by atoms with van der Waals surface area (Å²) in [6, 6.07) is 8.10. The molecule has 1 aromatic rings. The van der Waals surface area contributed by atoms with Gasteiger partial charge < -0.3 is 15.0 Å². The fourth-order valence-corrected chi connectivity index (χ4v) is 2.73. The van der Waals surface area contributed by atoms with Gasteiger partial charge in [-0.15, -0.1) is 0 Å². The van der Waals surface area contributed by atoms with Crippen LogP contribution in [0.15, 0.2) is 24.3 Å². The van der Waals surface area contributed by atoms with E-state index in [1.165, 1.54) is 6.42 Å². The predicted molar refractivity (Wildman–Crippen MR) is 84.5 cm³/mol. The molecule has 1 fully saturated rings. The maximum absolute atomic E-state index is 12.2. The summed E-state index contributed by atoms with van der Waals surface area (Å²) in [4.78, 5) is 14.1. The molecule has 116 valence electrons. The second-order valence-corrected chi connectivity index (χ2v) is 5.51. The molecular weight excluding hydrogens is 264 g/mol. The summed E-state index contributed by atoms with van der Waals surface area (Å²) in [7, 11) is 0. The molecular formula is C17H26N2O2. The summed E-state index contributed by atoms with van der Waals surface area (Å²) < 4.78 is 5.65. The molecule has 0 saturated carbocycles. The molecule has 1 aromatic carbocycles. The summed E-state index contributed by atoms with van der Waals surface area (Å²) in [5, 5.41) is 3.32. The SMILES string of the molecule is CCOc1ccccc1C(C)NCC(=O)N1CCCCC1. The van der Waals surface area contributed by atoms with Crippen molar-refractivity contribution >= 4 is 5.91 Å². The Morgan fingerprint density at radius 3 is 2.71 bits per heavy atom. The van der Waals surface area contributed by atoms with Gasteiger partial charge in [0, 0.05) is 24.7 Å². The van der Waals surface area contributed by atoms with E-state index in [4.69, 9.17) is 4.74 Å². The summed E-state index contributed by atoms with van der Waals surface area (Å²) >= 11 is 0. The Morgan fingerprint density at radius 1 is 1.29 bits per heavy atom. The van der Waals surface area contributed by atoms with Crippen molar-refractivity contribution in [1.82, 2.24) is 10.2 Å². The Hall–Kier alpha value is -1.55. The summed E-state index contributed by atoms with van der Waals surface area (Å²) in [5.74, 6) is 1.10. The van der Waals surface area contributed by atoms with Crippen LogP contribution in [0.2, 0.25) is 0 Å². The van der Waals surface area contributed by atoms with E-state index in [2.05, 4.69) is 12.2 Å². The minimum absolute atomic E-state index is 0.0986. The minimum atomic E-state index is 0.0986. The van der Waals surface area contributed by atoms with Crippen molar-refractivity contribution in [3.05, 3.63) is 29.8 Å².